The van der Waals surface area contributed by atoms with Gasteiger partial charge in [0.1, 0.15) is 0 Å². The zero-order valence-electron chi connectivity index (χ0n) is 12.5. The quantitative estimate of drug-likeness (QED) is 0.435. The van der Waals surface area contributed by atoms with Gasteiger partial charge < -0.3 is 19.5 Å². The Kier molecular flexibility index (Phi) is 10.2. The first-order valence-corrected chi connectivity index (χ1v) is 6.49. The highest BCUT2D eigenvalue weighted by molar-refractivity contribution is 5.13. The molecule has 0 bridgehead atoms. The molecule has 0 radical (unpaired) electrons. The van der Waals surface area contributed by atoms with Crippen LogP contribution in [0.3, 0.4) is 0 Å². The second kappa shape index (κ2) is 10.8. The Hall–Kier alpha value is -1.06. The molecule has 0 atom stereocenters. The zero-order chi connectivity index (χ0) is 14.6. The summed E-state index contributed by atoms with van der Waals surface area (Å²) in [6.07, 6.45) is 1.90. The average molecular weight is 269 g/mol. The van der Waals surface area contributed by atoms with Crippen molar-refractivity contribution in [1.29, 1.82) is 0 Å². The molecular weight excluding hydrogens is 242 g/mol. The zero-order valence-corrected chi connectivity index (χ0v) is 12.5. The molecular formula is C15H27NO3. The lowest BCUT2D eigenvalue weighted by molar-refractivity contribution is 0.0258. The Bertz CT molecular complexity index is 294. The van der Waals surface area contributed by atoms with Crippen molar-refractivity contribution in [2.75, 3.05) is 46.7 Å². The topological polar surface area (TPSA) is 39.7 Å². The minimum absolute atomic E-state index is 0.148. The number of hydrogen-bond donors (Lipinski definition) is 1. The average Bonchev–Trinajstić information content (AvgIpc) is 2.36. The summed E-state index contributed by atoms with van der Waals surface area (Å²) in [5, 5.41) is 3.24. The molecule has 0 rings (SSSR count). The van der Waals surface area contributed by atoms with Crippen molar-refractivity contribution in [3.63, 3.8) is 0 Å². The van der Waals surface area contributed by atoms with E-state index in [1.807, 2.05) is 6.08 Å². The second-order valence-corrected chi connectivity index (χ2v) is 4.69. The molecule has 0 aromatic carbocycles. The van der Waals surface area contributed by atoms with Crippen LogP contribution in [0.25, 0.3) is 0 Å². The van der Waals surface area contributed by atoms with E-state index in [1.54, 1.807) is 7.11 Å². The SMILES string of the molecule is C=C=CC(C)(C)C(=C)NCCOCCOCCOC. The molecule has 0 heterocycles. The van der Waals surface area contributed by atoms with Crippen molar-refractivity contribution >= 4 is 0 Å². The number of nitrogens with one attached hydrogen (secondary N) is 1. The molecule has 0 saturated heterocycles. The minimum atomic E-state index is -0.148. The van der Waals surface area contributed by atoms with Crippen molar-refractivity contribution in [2.24, 2.45) is 5.41 Å². The van der Waals surface area contributed by atoms with Crippen LogP contribution in [-0.2, 0) is 14.2 Å². The van der Waals surface area contributed by atoms with Crippen LogP contribution >= 0.6 is 0 Å². The van der Waals surface area contributed by atoms with Crippen molar-refractivity contribution in [3.8, 4) is 0 Å². The van der Waals surface area contributed by atoms with E-state index in [0.29, 0.717) is 33.0 Å². The van der Waals surface area contributed by atoms with E-state index in [2.05, 4.69) is 38.1 Å². The first-order chi connectivity index (χ1) is 9.04. The van der Waals surface area contributed by atoms with Gasteiger partial charge in [-0.15, -0.1) is 5.73 Å². The van der Waals surface area contributed by atoms with Crippen LogP contribution < -0.4 is 5.32 Å². The van der Waals surface area contributed by atoms with Gasteiger partial charge in [0, 0.05) is 24.8 Å². The third-order valence-corrected chi connectivity index (χ3v) is 2.63. The normalized spacial score (nSPS) is 10.9. The number of methoxy groups -OCH3 is 1. The summed E-state index contributed by atoms with van der Waals surface area (Å²) in [6.45, 7) is 15.5. The highest BCUT2D eigenvalue weighted by Gasteiger charge is 2.17. The summed E-state index contributed by atoms with van der Waals surface area (Å²) in [6, 6.07) is 0. The van der Waals surface area contributed by atoms with Gasteiger partial charge in [-0.2, -0.15) is 0 Å². The standard InChI is InChI=1S/C15H27NO3/c1-6-7-15(3,4)14(2)16-8-9-18-12-13-19-11-10-17-5/h7,16H,1-2,8-13H2,3-5H3. The molecule has 0 aliphatic carbocycles. The molecule has 0 aliphatic heterocycles. The molecule has 110 valence electrons. The predicted octanol–water partition coefficient (Wildman–Crippen LogP) is 2.14. The summed E-state index contributed by atoms with van der Waals surface area (Å²) in [7, 11) is 1.65. The molecule has 0 fully saturated rings. The first kappa shape index (κ1) is 17.9. The van der Waals surface area contributed by atoms with Crippen LogP contribution in [0.5, 0.6) is 0 Å². The molecule has 1 N–H and O–H groups in total. The molecule has 0 aromatic heterocycles. The van der Waals surface area contributed by atoms with Crippen LogP contribution in [0.1, 0.15) is 13.8 Å². The lowest BCUT2D eigenvalue weighted by atomic mass is 9.90. The minimum Gasteiger partial charge on any atom is -0.386 e. The van der Waals surface area contributed by atoms with E-state index in [9.17, 15) is 0 Å². The fourth-order valence-corrected chi connectivity index (χ4v) is 1.31. The third kappa shape index (κ3) is 9.51. The van der Waals surface area contributed by atoms with Crippen molar-refractivity contribution < 1.29 is 14.2 Å². The molecule has 4 heteroatoms. The summed E-state index contributed by atoms with van der Waals surface area (Å²) in [4.78, 5) is 0. The Labute approximate surface area is 117 Å². The molecule has 19 heavy (non-hydrogen) atoms. The highest BCUT2D eigenvalue weighted by Crippen LogP contribution is 2.23. The van der Waals surface area contributed by atoms with E-state index in [4.69, 9.17) is 14.2 Å². The molecule has 4 nitrogen and oxygen atoms in total. The number of rotatable bonds is 12. The maximum Gasteiger partial charge on any atom is 0.0701 e. The summed E-state index contributed by atoms with van der Waals surface area (Å²) in [5.74, 6) is 0. The van der Waals surface area contributed by atoms with Crippen molar-refractivity contribution in [3.05, 3.63) is 30.7 Å². The summed E-state index contributed by atoms with van der Waals surface area (Å²) < 4.78 is 15.6. The van der Waals surface area contributed by atoms with Crippen molar-refractivity contribution in [2.45, 2.75) is 13.8 Å². The van der Waals surface area contributed by atoms with E-state index in [0.717, 1.165) is 12.2 Å². The first-order valence-electron chi connectivity index (χ1n) is 6.49. The molecule has 0 saturated carbocycles. The smallest absolute Gasteiger partial charge is 0.0701 e. The van der Waals surface area contributed by atoms with E-state index in [1.165, 1.54) is 0 Å². The summed E-state index contributed by atoms with van der Waals surface area (Å²) in [5.41, 5.74) is 3.58. The van der Waals surface area contributed by atoms with Gasteiger partial charge in [0.05, 0.1) is 33.0 Å². The molecule has 0 spiro atoms. The van der Waals surface area contributed by atoms with Gasteiger partial charge in [-0.25, -0.2) is 0 Å². The fraction of sp³-hybridized carbons (Fsp3) is 0.667. The van der Waals surface area contributed by atoms with E-state index in [-0.39, 0.29) is 5.41 Å². The van der Waals surface area contributed by atoms with Crippen LogP contribution in [-0.4, -0.2) is 46.7 Å². The Morgan fingerprint density at radius 3 is 2.32 bits per heavy atom. The van der Waals surface area contributed by atoms with Crippen molar-refractivity contribution in [1.82, 2.24) is 5.32 Å². The summed E-state index contributed by atoms with van der Waals surface area (Å²) >= 11 is 0. The molecule has 0 aromatic rings. The largest absolute Gasteiger partial charge is 0.386 e. The van der Waals surface area contributed by atoms with Gasteiger partial charge in [0.15, 0.2) is 0 Å². The number of ether oxygens (including phenoxy) is 3. The van der Waals surface area contributed by atoms with Crippen LogP contribution in [0, 0.1) is 5.41 Å². The molecule has 0 amide bonds. The van der Waals surface area contributed by atoms with Crippen LogP contribution in [0.4, 0.5) is 0 Å². The van der Waals surface area contributed by atoms with Gasteiger partial charge in [-0.05, 0) is 6.08 Å². The van der Waals surface area contributed by atoms with E-state index < -0.39 is 0 Å². The van der Waals surface area contributed by atoms with Gasteiger partial charge in [0.25, 0.3) is 0 Å². The highest BCUT2D eigenvalue weighted by atomic mass is 16.5. The van der Waals surface area contributed by atoms with Gasteiger partial charge in [-0.3, -0.25) is 0 Å². The van der Waals surface area contributed by atoms with Gasteiger partial charge in [0.2, 0.25) is 0 Å². The lowest BCUT2D eigenvalue weighted by Crippen LogP contribution is -2.27. The monoisotopic (exact) mass is 269 g/mol. The number of allylic oxidation sites excluding steroid dienone is 1. The Balaban J connectivity index is 3.49. The Morgan fingerprint density at radius 2 is 1.74 bits per heavy atom. The van der Waals surface area contributed by atoms with Gasteiger partial charge in [-0.1, -0.05) is 27.0 Å². The lowest BCUT2D eigenvalue weighted by Gasteiger charge is -2.23. The van der Waals surface area contributed by atoms with E-state index >= 15 is 0 Å². The van der Waals surface area contributed by atoms with Crippen LogP contribution in [0.15, 0.2) is 30.7 Å². The maximum atomic E-state index is 5.43. The Morgan fingerprint density at radius 1 is 1.16 bits per heavy atom. The molecule has 0 unspecified atom stereocenters. The van der Waals surface area contributed by atoms with Crippen LogP contribution in [0.2, 0.25) is 0 Å². The fourth-order valence-electron chi connectivity index (χ4n) is 1.31. The predicted molar refractivity (Wildman–Crippen MR) is 78.1 cm³/mol. The third-order valence-electron chi connectivity index (χ3n) is 2.63. The maximum absolute atomic E-state index is 5.43. The van der Waals surface area contributed by atoms with Gasteiger partial charge >= 0.3 is 0 Å². The molecule has 0 aliphatic rings. The number of hydrogen-bond acceptors (Lipinski definition) is 4. The second-order valence-electron chi connectivity index (χ2n) is 4.69.